The minimum Gasteiger partial charge on any atom is -0.493 e. The van der Waals surface area contributed by atoms with E-state index >= 15 is 0 Å². The van der Waals surface area contributed by atoms with Crippen molar-refractivity contribution in [3.05, 3.63) is 51.5 Å². The third-order valence-corrected chi connectivity index (χ3v) is 5.23. The lowest BCUT2D eigenvalue weighted by Crippen LogP contribution is -2.11. The summed E-state index contributed by atoms with van der Waals surface area (Å²) in [6.07, 6.45) is 2.71. The van der Waals surface area contributed by atoms with E-state index < -0.39 is 0 Å². The van der Waals surface area contributed by atoms with Crippen LogP contribution >= 0.6 is 15.9 Å². The van der Waals surface area contributed by atoms with Gasteiger partial charge < -0.3 is 19.9 Å². The molecule has 0 spiro atoms. The van der Waals surface area contributed by atoms with Crippen LogP contribution in [-0.2, 0) is 17.6 Å². The van der Waals surface area contributed by atoms with Crippen molar-refractivity contribution in [1.29, 1.82) is 0 Å². The van der Waals surface area contributed by atoms with E-state index in [9.17, 15) is 4.79 Å². The Morgan fingerprint density at radius 3 is 2.27 bits per heavy atom. The second-order valence-electron chi connectivity index (χ2n) is 7.85. The zero-order valence-electron chi connectivity index (χ0n) is 18.5. The Hall–Kier alpha value is -2.21. The van der Waals surface area contributed by atoms with Gasteiger partial charge in [-0.15, -0.1) is 0 Å². The number of hydrogen-bond donors (Lipinski definition) is 1. The van der Waals surface area contributed by atoms with Crippen LogP contribution in [0.15, 0.2) is 34.8 Å². The lowest BCUT2D eigenvalue weighted by Gasteiger charge is -2.18. The number of ether oxygens (including phenoxy) is 3. The summed E-state index contributed by atoms with van der Waals surface area (Å²) >= 11 is 3.67. The second kappa shape index (κ2) is 11.3. The van der Waals surface area contributed by atoms with Gasteiger partial charge in [-0.2, -0.15) is 0 Å². The Balaban J connectivity index is 2.38. The second-order valence-corrected chi connectivity index (χ2v) is 8.71. The molecule has 0 aromatic heterocycles. The number of halogens is 1. The molecule has 6 heteroatoms. The summed E-state index contributed by atoms with van der Waals surface area (Å²) in [7, 11) is 1.64. The van der Waals surface area contributed by atoms with Crippen molar-refractivity contribution in [2.24, 2.45) is 5.73 Å². The fourth-order valence-corrected chi connectivity index (χ4v) is 3.70. The number of benzene rings is 2. The van der Waals surface area contributed by atoms with E-state index in [1.165, 1.54) is 5.56 Å². The van der Waals surface area contributed by atoms with Crippen molar-refractivity contribution in [3.8, 4) is 17.2 Å². The number of nitrogens with two attached hydrogens (primary N) is 1. The van der Waals surface area contributed by atoms with Crippen molar-refractivity contribution < 1.29 is 19.0 Å². The largest absolute Gasteiger partial charge is 0.493 e. The molecule has 0 fully saturated rings. The smallest absolute Gasteiger partial charge is 0.217 e. The molecular weight excluding hydrogens is 446 g/mol. The first-order chi connectivity index (χ1) is 14.2. The molecule has 0 aliphatic carbocycles. The number of primary amides is 1. The molecule has 30 heavy (non-hydrogen) atoms. The Bertz CT molecular complexity index is 865. The third-order valence-electron chi connectivity index (χ3n) is 4.50. The van der Waals surface area contributed by atoms with Crippen molar-refractivity contribution >= 4 is 21.8 Å². The minimum absolute atomic E-state index is 0.0417. The molecule has 2 aromatic carbocycles. The molecule has 2 N–H and O–H groups in total. The molecule has 0 atom stereocenters. The third kappa shape index (κ3) is 7.24. The van der Waals surface area contributed by atoms with Gasteiger partial charge in [0, 0.05) is 10.9 Å². The number of amides is 1. The highest BCUT2D eigenvalue weighted by Gasteiger charge is 2.15. The summed E-state index contributed by atoms with van der Waals surface area (Å²) in [4.78, 5) is 11.1. The van der Waals surface area contributed by atoms with Gasteiger partial charge in [0.25, 0.3) is 0 Å². The average Bonchev–Trinajstić information content (AvgIpc) is 2.64. The van der Waals surface area contributed by atoms with Crippen molar-refractivity contribution in [2.45, 2.75) is 65.6 Å². The van der Waals surface area contributed by atoms with Gasteiger partial charge in [0.2, 0.25) is 5.91 Å². The molecule has 0 bridgehead atoms. The SMILES string of the molecule is COc1cc(Br)c(Cc2cc(OC(C)C)ccc2CCCC(N)=O)cc1OC(C)C. The first-order valence-electron chi connectivity index (χ1n) is 10.3. The molecule has 0 saturated heterocycles. The Kier molecular flexibility index (Phi) is 9.03. The van der Waals surface area contributed by atoms with Gasteiger partial charge in [0.05, 0.1) is 19.3 Å². The average molecular weight is 478 g/mol. The molecule has 2 rings (SSSR count). The van der Waals surface area contributed by atoms with E-state index in [2.05, 4.69) is 28.1 Å². The highest BCUT2D eigenvalue weighted by Crippen LogP contribution is 2.36. The molecule has 5 nitrogen and oxygen atoms in total. The maximum atomic E-state index is 11.1. The summed E-state index contributed by atoms with van der Waals surface area (Å²) in [5.74, 6) is 1.97. The van der Waals surface area contributed by atoms with Crippen molar-refractivity contribution in [3.63, 3.8) is 0 Å². The predicted molar refractivity (Wildman–Crippen MR) is 124 cm³/mol. The monoisotopic (exact) mass is 477 g/mol. The number of carbonyl (C=O) groups is 1. The standard InChI is InChI=1S/C24H32BrNO4/c1-15(2)29-20-10-9-17(7-6-8-24(26)27)18(12-20)11-19-13-23(30-16(3)4)22(28-5)14-21(19)25/h9-10,12-16H,6-8,11H2,1-5H3,(H2,26,27). The van der Waals surface area contributed by atoms with E-state index in [1.807, 2.05) is 45.9 Å². The van der Waals surface area contributed by atoms with Crippen LogP contribution in [-0.4, -0.2) is 25.2 Å². The predicted octanol–water partition coefficient (Wildman–Crippen LogP) is 5.43. The number of rotatable bonds is 11. The van der Waals surface area contributed by atoms with E-state index in [1.54, 1.807) is 7.11 Å². The van der Waals surface area contributed by atoms with Crippen LogP contribution in [0.25, 0.3) is 0 Å². The summed E-state index contributed by atoms with van der Waals surface area (Å²) < 4.78 is 18.3. The molecule has 0 aliphatic rings. The normalized spacial score (nSPS) is 11.1. The zero-order valence-corrected chi connectivity index (χ0v) is 20.0. The maximum absolute atomic E-state index is 11.1. The molecule has 0 radical (unpaired) electrons. The van der Waals surface area contributed by atoms with Gasteiger partial charge in [0.15, 0.2) is 11.5 Å². The lowest BCUT2D eigenvalue weighted by molar-refractivity contribution is -0.118. The van der Waals surface area contributed by atoms with Crippen LogP contribution in [0.1, 0.15) is 57.2 Å². The van der Waals surface area contributed by atoms with Gasteiger partial charge in [-0.1, -0.05) is 22.0 Å². The fourth-order valence-electron chi connectivity index (χ4n) is 3.23. The molecule has 1 amide bonds. The quantitative estimate of drug-likeness (QED) is 0.468. The van der Waals surface area contributed by atoms with Crippen LogP contribution in [0.2, 0.25) is 0 Å². The highest BCUT2D eigenvalue weighted by molar-refractivity contribution is 9.10. The summed E-state index contributed by atoms with van der Waals surface area (Å²) in [6.45, 7) is 8.00. The summed E-state index contributed by atoms with van der Waals surface area (Å²) in [6, 6.07) is 10.1. The van der Waals surface area contributed by atoms with Crippen LogP contribution in [0.4, 0.5) is 0 Å². The molecule has 2 aromatic rings. The Morgan fingerprint density at radius 1 is 0.967 bits per heavy atom. The maximum Gasteiger partial charge on any atom is 0.217 e. The van der Waals surface area contributed by atoms with E-state index in [-0.39, 0.29) is 18.1 Å². The van der Waals surface area contributed by atoms with Crippen LogP contribution in [0.3, 0.4) is 0 Å². The molecular formula is C24H32BrNO4. The fraction of sp³-hybridized carbons (Fsp3) is 0.458. The van der Waals surface area contributed by atoms with Gasteiger partial charge in [-0.05, 0) is 87.9 Å². The van der Waals surface area contributed by atoms with Crippen molar-refractivity contribution in [1.82, 2.24) is 0 Å². The Morgan fingerprint density at radius 2 is 1.67 bits per heavy atom. The zero-order chi connectivity index (χ0) is 22.3. The summed E-state index contributed by atoms with van der Waals surface area (Å²) in [5, 5.41) is 0. The first-order valence-corrected chi connectivity index (χ1v) is 11.1. The van der Waals surface area contributed by atoms with Gasteiger partial charge >= 0.3 is 0 Å². The number of aryl methyl sites for hydroxylation is 1. The Labute approximate surface area is 188 Å². The first kappa shape index (κ1) is 24.1. The van der Waals surface area contributed by atoms with E-state index in [0.717, 1.165) is 39.9 Å². The molecule has 164 valence electrons. The van der Waals surface area contributed by atoms with Crippen LogP contribution in [0.5, 0.6) is 17.2 Å². The van der Waals surface area contributed by atoms with Gasteiger partial charge in [-0.25, -0.2) is 0 Å². The number of hydrogen-bond acceptors (Lipinski definition) is 4. The summed E-state index contributed by atoms with van der Waals surface area (Å²) in [5.41, 5.74) is 8.73. The van der Waals surface area contributed by atoms with Crippen molar-refractivity contribution in [2.75, 3.05) is 7.11 Å². The van der Waals surface area contributed by atoms with Crippen LogP contribution < -0.4 is 19.9 Å². The van der Waals surface area contributed by atoms with Gasteiger partial charge in [0.1, 0.15) is 5.75 Å². The van der Waals surface area contributed by atoms with E-state index in [0.29, 0.717) is 18.6 Å². The highest BCUT2D eigenvalue weighted by atomic mass is 79.9. The van der Waals surface area contributed by atoms with Gasteiger partial charge in [-0.3, -0.25) is 4.79 Å². The molecule has 0 aliphatic heterocycles. The van der Waals surface area contributed by atoms with E-state index in [4.69, 9.17) is 19.9 Å². The minimum atomic E-state index is -0.273. The lowest BCUT2D eigenvalue weighted by atomic mass is 9.95. The van der Waals surface area contributed by atoms with Crippen LogP contribution in [0, 0.1) is 0 Å². The molecule has 0 heterocycles. The number of carbonyl (C=O) groups excluding carboxylic acids is 1. The number of methoxy groups -OCH3 is 1. The topological polar surface area (TPSA) is 70.8 Å². The molecule has 0 saturated carbocycles. The molecule has 0 unspecified atom stereocenters.